The number of nitrogens with zero attached hydrogens (tertiary/aromatic N) is 1. The van der Waals surface area contributed by atoms with Crippen LogP contribution >= 0.6 is 0 Å². The Balaban J connectivity index is 1.75. The van der Waals surface area contributed by atoms with Crippen molar-refractivity contribution in [3.05, 3.63) is 29.8 Å². The number of benzene rings is 1. The average Bonchev–Trinajstić information content (AvgIpc) is 2.33. The minimum atomic E-state index is -0.446. The van der Waals surface area contributed by atoms with Gasteiger partial charge in [-0.2, -0.15) is 0 Å². The minimum absolute atomic E-state index is 0.201. The lowest BCUT2D eigenvalue weighted by Crippen LogP contribution is -2.50. The van der Waals surface area contributed by atoms with E-state index in [0.29, 0.717) is 6.04 Å². The van der Waals surface area contributed by atoms with Gasteiger partial charge in [0.1, 0.15) is 5.60 Å². The highest BCUT2D eigenvalue weighted by Gasteiger charge is 2.31. The summed E-state index contributed by atoms with van der Waals surface area (Å²) in [5, 5.41) is 6.45. The minimum Gasteiger partial charge on any atom is -0.444 e. The topological polar surface area (TPSA) is 53.6 Å². The van der Waals surface area contributed by atoms with Gasteiger partial charge in [0.25, 0.3) is 0 Å². The number of alkyl carbamates (subject to hydrolysis) is 1. The van der Waals surface area contributed by atoms with E-state index in [9.17, 15) is 4.79 Å². The van der Waals surface area contributed by atoms with Crippen LogP contribution in [0.3, 0.4) is 0 Å². The molecule has 0 aliphatic heterocycles. The van der Waals surface area contributed by atoms with Gasteiger partial charge in [-0.05, 0) is 65.4 Å². The molecule has 0 saturated heterocycles. The molecular weight excluding hydrogens is 290 g/mol. The molecular formula is C18H29N3O2. The van der Waals surface area contributed by atoms with Crippen LogP contribution in [-0.4, -0.2) is 42.8 Å². The number of ether oxygens (including phenoxy) is 1. The highest BCUT2D eigenvalue weighted by atomic mass is 16.6. The molecule has 0 heterocycles. The normalized spacial score (nSPS) is 20.8. The molecule has 0 bridgehead atoms. The molecule has 2 rings (SSSR count). The van der Waals surface area contributed by atoms with E-state index < -0.39 is 5.60 Å². The van der Waals surface area contributed by atoms with Crippen LogP contribution in [-0.2, 0) is 11.3 Å². The Hall–Kier alpha value is -1.75. The second-order valence-corrected chi connectivity index (χ2v) is 7.59. The predicted octanol–water partition coefficient (Wildman–Crippen LogP) is 3.22. The first-order chi connectivity index (χ1) is 10.7. The second-order valence-electron chi connectivity index (χ2n) is 7.59. The molecule has 0 radical (unpaired) electrons. The summed E-state index contributed by atoms with van der Waals surface area (Å²) in [6, 6.07) is 9.11. The van der Waals surface area contributed by atoms with Crippen molar-refractivity contribution in [3.8, 4) is 0 Å². The summed E-state index contributed by atoms with van der Waals surface area (Å²) >= 11 is 0. The van der Waals surface area contributed by atoms with Gasteiger partial charge < -0.3 is 20.3 Å². The van der Waals surface area contributed by atoms with Crippen molar-refractivity contribution in [3.63, 3.8) is 0 Å². The van der Waals surface area contributed by atoms with Gasteiger partial charge >= 0.3 is 6.09 Å². The van der Waals surface area contributed by atoms with E-state index in [-0.39, 0.29) is 12.1 Å². The Kier molecular flexibility index (Phi) is 5.52. The SMILES string of the molecule is CN(C)Cc1cccc(NC2CC(NC(=O)OC(C)(C)C)C2)c1. The molecule has 2 N–H and O–H groups in total. The van der Waals surface area contributed by atoms with Gasteiger partial charge in [0.2, 0.25) is 0 Å². The third kappa shape index (κ3) is 6.10. The molecule has 128 valence electrons. The van der Waals surface area contributed by atoms with Crippen LogP contribution in [0.4, 0.5) is 10.5 Å². The lowest BCUT2D eigenvalue weighted by Gasteiger charge is -2.37. The molecule has 1 aliphatic carbocycles. The molecule has 0 unspecified atom stereocenters. The number of hydrogen-bond acceptors (Lipinski definition) is 4. The summed E-state index contributed by atoms with van der Waals surface area (Å²) in [4.78, 5) is 13.9. The van der Waals surface area contributed by atoms with Crippen LogP contribution in [0, 0.1) is 0 Å². The Bertz CT molecular complexity index is 531. The monoisotopic (exact) mass is 319 g/mol. The maximum atomic E-state index is 11.7. The standard InChI is InChI=1S/C18H29N3O2/c1-18(2,3)23-17(22)20-16-10-15(11-16)19-14-8-6-7-13(9-14)12-21(4)5/h6-9,15-16,19H,10-12H2,1-5H3,(H,20,22). The largest absolute Gasteiger partial charge is 0.444 e. The van der Waals surface area contributed by atoms with Gasteiger partial charge in [0.05, 0.1) is 0 Å². The number of anilines is 1. The Morgan fingerprint density at radius 3 is 2.57 bits per heavy atom. The van der Waals surface area contributed by atoms with Crippen molar-refractivity contribution in [2.75, 3.05) is 19.4 Å². The lowest BCUT2D eigenvalue weighted by molar-refractivity contribution is 0.0475. The number of carbonyl (C=O) groups is 1. The predicted molar refractivity (Wildman–Crippen MR) is 93.6 cm³/mol. The summed E-state index contributed by atoms with van der Waals surface area (Å²) in [7, 11) is 4.14. The van der Waals surface area contributed by atoms with E-state index >= 15 is 0 Å². The molecule has 5 nitrogen and oxygen atoms in total. The van der Waals surface area contributed by atoms with E-state index in [1.165, 1.54) is 5.56 Å². The van der Waals surface area contributed by atoms with Gasteiger partial charge in [-0.3, -0.25) is 0 Å². The Morgan fingerprint density at radius 2 is 1.96 bits per heavy atom. The molecule has 1 amide bonds. The van der Waals surface area contributed by atoms with Crippen molar-refractivity contribution >= 4 is 11.8 Å². The first kappa shape index (κ1) is 17.6. The molecule has 0 atom stereocenters. The van der Waals surface area contributed by atoms with Crippen LogP contribution < -0.4 is 10.6 Å². The van der Waals surface area contributed by atoms with E-state index in [0.717, 1.165) is 25.1 Å². The third-order valence-corrected chi connectivity index (χ3v) is 3.66. The fourth-order valence-electron chi connectivity index (χ4n) is 2.69. The summed E-state index contributed by atoms with van der Waals surface area (Å²) in [5.74, 6) is 0. The molecule has 1 aromatic carbocycles. The van der Waals surface area contributed by atoms with Gasteiger partial charge in [-0.25, -0.2) is 4.79 Å². The first-order valence-electron chi connectivity index (χ1n) is 8.21. The smallest absolute Gasteiger partial charge is 0.407 e. The van der Waals surface area contributed by atoms with Crippen molar-refractivity contribution in [2.45, 2.75) is 57.8 Å². The zero-order valence-corrected chi connectivity index (χ0v) is 14.8. The number of hydrogen-bond donors (Lipinski definition) is 2. The van der Waals surface area contributed by atoms with Crippen molar-refractivity contribution in [1.82, 2.24) is 10.2 Å². The zero-order chi connectivity index (χ0) is 17.0. The summed E-state index contributed by atoms with van der Waals surface area (Å²) in [6.07, 6.45) is 1.53. The van der Waals surface area contributed by atoms with Crippen molar-refractivity contribution in [2.24, 2.45) is 0 Å². The van der Waals surface area contributed by atoms with Gasteiger partial charge in [0, 0.05) is 24.3 Å². The number of nitrogens with one attached hydrogen (secondary N) is 2. The first-order valence-corrected chi connectivity index (χ1v) is 8.21. The van der Waals surface area contributed by atoms with Crippen molar-refractivity contribution < 1.29 is 9.53 Å². The Morgan fingerprint density at radius 1 is 1.26 bits per heavy atom. The summed E-state index contributed by atoms with van der Waals surface area (Å²) in [6.45, 7) is 6.55. The van der Waals surface area contributed by atoms with E-state index in [1.54, 1.807) is 0 Å². The fraction of sp³-hybridized carbons (Fsp3) is 0.611. The molecule has 23 heavy (non-hydrogen) atoms. The number of rotatable bonds is 5. The fourth-order valence-corrected chi connectivity index (χ4v) is 2.69. The van der Waals surface area contributed by atoms with Crippen LogP contribution in [0.15, 0.2) is 24.3 Å². The Labute approximate surface area is 139 Å². The quantitative estimate of drug-likeness (QED) is 0.875. The second kappa shape index (κ2) is 7.21. The van der Waals surface area contributed by atoms with E-state index in [2.05, 4.69) is 53.9 Å². The molecule has 0 spiro atoms. The average molecular weight is 319 g/mol. The summed E-state index contributed by atoms with van der Waals surface area (Å²) < 4.78 is 5.28. The van der Waals surface area contributed by atoms with Crippen LogP contribution in [0.1, 0.15) is 39.2 Å². The highest BCUT2D eigenvalue weighted by molar-refractivity contribution is 5.68. The zero-order valence-electron chi connectivity index (χ0n) is 14.8. The molecule has 0 aromatic heterocycles. The molecule has 1 fully saturated rings. The molecule has 1 aromatic rings. The van der Waals surface area contributed by atoms with Gasteiger partial charge in [0.15, 0.2) is 0 Å². The molecule has 1 saturated carbocycles. The van der Waals surface area contributed by atoms with Crippen molar-refractivity contribution in [1.29, 1.82) is 0 Å². The number of amides is 1. The molecule has 5 heteroatoms. The highest BCUT2D eigenvalue weighted by Crippen LogP contribution is 2.25. The van der Waals surface area contributed by atoms with Gasteiger partial charge in [-0.15, -0.1) is 0 Å². The van der Waals surface area contributed by atoms with Crippen LogP contribution in [0.25, 0.3) is 0 Å². The van der Waals surface area contributed by atoms with E-state index in [1.807, 2.05) is 20.8 Å². The van der Waals surface area contributed by atoms with Crippen LogP contribution in [0.2, 0.25) is 0 Å². The summed E-state index contributed by atoms with van der Waals surface area (Å²) in [5.41, 5.74) is 1.99. The van der Waals surface area contributed by atoms with Crippen LogP contribution in [0.5, 0.6) is 0 Å². The number of carbonyl (C=O) groups excluding carboxylic acids is 1. The molecule has 1 aliphatic rings. The van der Waals surface area contributed by atoms with Gasteiger partial charge in [-0.1, -0.05) is 12.1 Å². The third-order valence-electron chi connectivity index (χ3n) is 3.66. The lowest BCUT2D eigenvalue weighted by atomic mass is 9.86. The maximum absolute atomic E-state index is 11.7. The maximum Gasteiger partial charge on any atom is 0.407 e. The van der Waals surface area contributed by atoms with E-state index in [4.69, 9.17) is 4.74 Å².